The summed E-state index contributed by atoms with van der Waals surface area (Å²) < 4.78 is 5.45. The third-order valence-electron chi connectivity index (χ3n) is 3.78. The van der Waals surface area contributed by atoms with Crippen molar-refractivity contribution in [1.29, 1.82) is 0 Å². The van der Waals surface area contributed by atoms with Crippen LogP contribution >= 0.6 is 0 Å². The summed E-state index contributed by atoms with van der Waals surface area (Å²) in [5, 5.41) is 0. The molecule has 0 bridgehead atoms. The van der Waals surface area contributed by atoms with Crippen LogP contribution in [0.25, 0.3) is 0 Å². The van der Waals surface area contributed by atoms with Crippen molar-refractivity contribution in [2.24, 2.45) is 11.7 Å². The first-order valence-corrected chi connectivity index (χ1v) is 5.86. The van der Waals surface area contributed by atoms with Crippen LogP contribution in [0.5, 0.6) is 0 Å². The van der Waals surface area contributed by atoms with Crippen LogP contribution in [0.3, 0.4) is 0 Å². The molecule has 0 saturated carbocycles. The van der Waals surface area contributed by atoms with Gasteiger partial charge in [-0.05, 0) is 32.7 Å². The lowest BCUT2D eigenvalue weighted by Crippen LogP contribution is -2.47. The molecule has 3 atom stereocenters. The van der Waals surface area contributed by atoms with E-state index in [1.807, 2.05) is 0 Å². The fourth-order valence-electron chi connectivity index (χ4n) is 2.90. The third-order valence-corrected chi connectivity index (χ3v) is 3.78. The quantitative estimate of drug-likeness (QED) is 0.730. The van der Waals surface area contributed by atoms with Crippen molar-refractivity contribution in [3.05, 3.63) is 0 Å². The molecule has 0 spiro atoms. The van der Waals surface area contributed by atoms with Crippen LogP contribution in [0, 0.1) is 5.92 Å². The molecule has 3 unspecified atom stereocenters. The van der Waals surface area contributed by atoms with E-state index in [4.69, 9.17) is 10.5 Å². The first kappa shape index (κ1) is 10.4. The maximum Gasteiger partial charge on any atom is 0.0510 e. The molecule has 3 nitrogen and oxygen atoms in total. The number of nitrogens with zero attached hydrogens (tertiary/aromatic N) is 1. The highest BCUT2D eigenvalue weighted by Crippen LogP contribution is 2.27. The Hall–Kier alpha value is -0.120. The average Bonchev–Trinajstić information content (AvgIpc) is 2.80. The molecule has 2 heterocycles. The number of ether oxygens (including phenoxy) is 1. The van der Waals surface area contributed by atoms with Crippen LogP contribution in [0.4, 0.5) is 0 Å². The number of hydrogen-bond donors (Lipinski definition) is 1. The summed E-state index contributed by atoms with van der Waals surface area (Å²) in [6.07, 6.45) is 3.88. The van der Waals surface area contributed by atoms with E-state index in [1.54, 1.807) is 0 Å². The molecule has 0 aromatic heterocycles. The second kappa shape index (κ2) is 4.60. The minimum Gasteiger partial charge on any atom is -0.381 e. The van der Waals surface area contributed by atoms with Gasteiger partial charge in [0.1, 0.15) is 0 Å². The molecule has 2 rings (SSSR count). The van der Waals surface area contributed by atoms with Gasteiger partial charge in [0.05, 0.1) is 6.61 Å². The summed E-state index contributed by atoms with van der Waals surface area (Å²) in [7, 11) is 0. The molecule has 0 aromatic rings. The molecule has 14 heavy (non-hydrogen) atoms. The third kappa shape index (κ3) is 1.95. The van der Waals surface area contributed by atoms with Crippen molar-refractivity contribution < 1.29 is 4.74 Å². The van der Waals surface area contributed by atoms with Crippen LogP contribution < -0.4 is 5.73 Å². The standard InChI is InChI=1S/C11H22N2O/c1-9-3-2-5-13(9)11(7-12)10-4-6-14-8-10/h9-11H,2-8,12H2,1H3. The Kier molecular flexibility index (Phi) is 3.42. The summed E-state index contributed by atoms with van der Waals surface area (Å²) in [6.45, 7) is 6.21. The highest BCUT2D eigenvalue weighted by molar-refractivity contribution is 4.88. The van der Waals surface area contributed by atoms with Crippen LogP contribution in [0.15, 0.2) is 0 Å². The zero-order valence-corrected chi connectivity index (χ0v) is 9.11. The van der Waals surface area contributed by atoms with E-state index in [1.165, 1.54) is 25.8 Å². The summed E-state index contributed by atoms with van der Waals surface area (Å²) in [6, 6.07) is 1.29. The zero-order chi connectivity index (χ0) is 9.97. The van der Waals surface area contributed by atoms with Gasteiger partial charge in [0, 0.05) is 31.2 Å². The Morgan fingerprint density at radius 1 is 1.50 bits per heavy atom. The van der Waals surface area contributed by atoms with Crippen molar-refractivity contribution in [1.82, 2.24) is 4.90 Å². The zero-order valence-electron chi connectivity index (χ0n) is 9.11. The lowest BCUT2D eigenvalue weighted by atomic mass is 9.97. The second-order valence-corrected chi connectivity index (χ2v) is 4.66. The first-order valence-electron chi connectivity index (χ1n) is 5.86. The number of nitrogens with two attached hydrogens (primary N) is 1. The molecule has 3 heteroatoms. The van der Waals surface area contributed by atoms with E-state index < -0.39 is 0 Å². The van der Waals surface area contributed by atoms with Gasteiger partial charge >= 0.3 is 0 Å². The van der Waals surface area contributed by atoms with E-state index in [0.717, 1.165) is 25.8 Å². The molecule has 0 amide bonds. The topological polar surface area (TPSA) is 38.5 Å². The van der Waals surface area contributed by atoms with Gasteiger partial charge in [0.2, 0.25) is 0 Å². The molecule has 2 aliphatic heterocycles. The van der Waals surface area contributed by atoms with E-state index >= 15 is 0 Å². The Morgan fingerprint density at radius 2 is 2.36 bits per heavy atom. The molecular weight excluding hydrogens is 176 g/mol. The minimum absolute atomic E-state index is 0.565. The molecule has 0 aliphatic carbocycles. The highest BCUT2D eigenvalue weighted by Gasteiger charge is 2.33. The van der Waals surface area contributed by atoms with Crippen LogP contribution in [-0.2, 0) is 4.74 Å². The molecule has 0 aromatic carbocycles. The predicted molar refractivity (Wildman–Crippen MR) is 57.2 cm³/mol. The van der Waals surface area contributed by atoms with Gasteiger partial charge in [0.25, 0.3) is 0 Å². The van der Waals surface area contributed by atoms with Crippen molar-refractivity contribution in [2.45, 2.75) is 38.3 Å². The Morgan fingerprint density at radius 3 is 2.86 bits per heavy atom. The van der Waals surface area contributed by atoms with Gasteiger partial charge in [0.15, 0.2) is 0 Å². The fourth-order valence-corrected chi connectivity index (χ4v) is 2.90. The summed E-state index contributed by atoms with van der Waals surface area (Å²) in [5.41, 5.74) is 5.90. The SMILES string of the molecule is CC1CCCN1C(CN)C1CCOC1. The Labute approximate surface area is 86.6 Å². The van der Waals surface area contributed by atoms with Crippen molar-refractivity contribution in [2.75, 3.05) is 26.3 Å². The molecule has 2 fully saturated rings. The first-order chi connectivity index (χ1) is 6.83. The molecule has 2 N–H and O–H groups in total. The Balaban J connectivity index is 1.96. The maximum atomic E-state index is 5.90. The predicted octanol–water partition coefficient (Wildman–Crippen LogP) is 0.834. The van der Waals surface area contributed by atoms with Crippen LogP contribution in [0.2, 0.25) is 0 Å². The van der Waals surface area contributed by atoms with Gasteiger partial charge in [-0.1, -0.05) is 0 Å². The van der Waals surface area contributed by atoms with E-state index in [-0.39, 0.29) is 0 Å². The second-order valence-electron chi connectivity index (χ2n) is 4.66. The van der Waals surface area contributed by atoms with Gasteiger partial charge in [-0.3, -0.25) is 4.90 Å². The largest absolute Gasteiger partial charge is 0.381 e. The Bertz CT molecular complexity index is 180. The smallest absolute Gasteiger partial charge is 0.0510 e. The van der Waals surface area contributed by atoms with Crippen LogP contribution in [-0.4, -0.2) is 43.3 Å². The summed E-state index contributed by atoms with van der Waals surface area (Å²) in [4.78, 5) is 2.60. The minimum atomic E-state index is 0.565. The molecule has 2 aliphatic rings. The van der Waals surface area contributed by atoms with Crippen LogP contribution in [0.1, 0.15) is 26.2 Å². The van der Waals surface area contributed by atoms with Crippen molar-refractivity contribution in [3.63, 3.8) is 0 Å². The van der Waals surface area contributed by atoms with E-state index in [2.05, 4.69) is 11.8 Å². The molecule has 2 saturated heterocycles. The monoisotopic (exact) mass is 198 g/mol. The fraction of sp³-hybridized carbons (Fsp3) is 1.00. The lowest BCUT2D eigenvalue weighted by molar-refractivity contribution is 0.118. The lowest BCUT2D eigenvalue weighted by Gasteiger charge is -2.34. The number of likely N-dealkylation sites (tertiary alicyclic amines) is 1. The van der Waals surface area contributed by atoms with Gasteiger partial charge in [-0.2, -0.15) is 0 Å². The number of rotatable bonds is 3. The molecular formula is C11H22N2O. The maximum absolute atomic E-state index is 5.90. The van der Waals surface area contributed by atoms with Gasteiger partial charge in [-0.25, -0.2) is 0 Å². The normalized spacial score (nSPS) is 36.4. The van der Waals surface area contributed by atoms with Gasteiger partial charge < -0.3 is 10.5 Å². The molecule has 82 valence electrons. The highest BCUT2D eigenvalue weighted by atomic mass is 16.5. The van der Waals surface area contributed by atoms with Crippen molar-refractivity contribution in [3.8, 4) is 0 Å². The summed E-state index contributed by atoms with van der Waals surface area (Å²) >= 11 is 0. The van der Waals surface area contributed by atoms with E-state index in [0.29, 0.717) is 12.0 Å². The van der Waals surface area contributed by atoms with E-state index in [9.17, 15) is 0 Å². The number of hydrogen-bond acceptors (Lipinski definition) is 3. The summed E-state index contributed by atoms with van der Waals surface area (Å²) in [5.74, 6) is 0.681. The van der Waals surface area contributed by atoms with Crippen molar-refractivity contribution >= 4 is 0 Å². The molecule has 0 radical (unpaired) electrons. The average molecular weight is 198 g/mol. The van der Waals surface area contributed by atoms with Gasteiger partial charge in [-0.15, -0.1) is 0 Å².